The van der Waals surface area contributed by atoms with Crippen molar-refractivity contribution in [3.63, 3.8) is 0 Å². The topological polar surface area (TPSA) is 289 Å². The molecule has 5 rings (SSSR count). The van der Waals surface area contributed by atoms with Crippen LogP contribution in [0.2, 0.25) is 0 Å². The van der Waals surface area contributed by atoms with Crippen LogP contribution in [0.3, 0.4) is 0 Å². The molecule has 18 heteroatoms. The summed E-state index contributed by atoms with van der Waals surface area (Å²) in [6.45, 7) is -0.753. The Kier molecular flexibility index (Phi) is 15.7. The van der Waals surface area contributed by atoms with Gasteiger partial charge in [-0.2, -0.15) is 0 Å². The van der Waals surface area contributed by atoms with Crippen molar-refractivity contribution in [1.29, 1.82) is 0 Å². The summed E-state index contributed by atoms with van der Waals surface area (Å²) >= 11 is 0. The van der Waals surface area contributed by atoms with Gasteiger partial charge in [-0.15, -0.1) is 0 Å². The summed E-state index contributed by atoms with van der Waals surface area (Å²) in [5.74, 6) is -5.02. The van der Waals surface area contributed by atoms with Crippen molar-refractivity contribution in [3.05, 3.63) is 108 Å². The van der Waals surface area contributed by atoms with Crippen LogP contribution in [0, 0.1) is 0 Å². The van der Waals surface area contributed by atoms with E-state index in [-0.39, 0.29) is 64.1 Å². The van der Waals surface area contributed by atoms with Gasteiger partial charge in [-0.3, -0.25) is 38.6 Å². The molecule has 4 atom stereocenters. The molecule has 0 radical (unpaired) electrons. The average Bonchev–Trinajstić information content (AvgIpc) is 3.66. The Morgan fingerprint density at radius 2 is 1.25 bits per heavy atom. The van der Waals surface area contributed by atoms with Crippen molar-refractivity contribution in [2.75, 3.05) is 26.2 Å². The van der Waals surface area contributed by atoms with Crippen molar-refractivity contribution in [3.8, 4) is 0 Å². The minimum absolute atomic E-state index is 0.00112. The third-order valence-corrected chi connectivity index (χ3v) is 9.84. The van der Waals surface area contributed by atoms with Gasteiger partial charge in [-0.1, -0.05) is 78.9 Å². The van der Waals surface area contributed by atoms with E-state index in [1.165, 1.54) is 0 Å². The van der Waals surface area contributed by atoms with Gasteiger partial charge >= 0.3 is 0 Å². The molecule has 60 heavy (non-hydrogen) atoms. The molecule has 4 aromatic rings. The maximum absolute atomic E-state index is 14.5. The lowest BCUT2D eigenvalue weighted by Gasteiger charge is -2.29. The molecule has 2 heterocycles. The molecular formula is C42H51N11O7. The minimum atomic E-state index is -1.41. The van der Waals surface area contributed by atoms with E-state index >= 15 is 0 Å². The summed E-state index contributed by atoms with van der Waals surface area (Å²) in [6, 6.07) is 19.9. The molecule has 3 aromatic carbocycles. The zero-order valence-corrected chi connectivity index (χ0v) is 33.0. The number of aliphatic imine (C=N–C) groups is 1. The number of rotatable bonds is 11. The highest BCUT2D eigenvalue weighted by Crippen LogP contribution is 2.26. The quantitative estimate of drug-likeness (QED) is 0.0537. The second kappa shape index (κ2) is 21.5. The van der Waals surface area contributed by atoms with E-state index in [0.29, 0.717) is 22.0 Å². The number of amides is 7. The Balaban J connectivity index is 1.55. The summed E-state index contributed by atoms with van der Waals surface area (Å²) < 4.78 is 0. The van der Waals surface area contributed by atoms with E-state index in [2.05, 4.69) is 36.6 Å². The number of carbonyl (C=O) groups is 7. The minimum Gasteiger partial charge on any atom is -0.370 e. The molecule has 0 saturated carbocycles. The SMILES string of the molecule is NC(=O)CN1CCNC(=O)CCC(=O)N[C@@H](Cc2ccccc2)C(=O)NC(Cc2ccccc2)C(=O)NC(CCCN=C(N)N)C(=O)N[C@@H](c2c[nH]c3ccccc23)C1=O. The number of fused-ring (bicyclic) bond motifs is 1. The molecule has 18 nitrogen and oxygen atoms in total. The number of nitrogens with zero attached hydrogens (tertiary/aromatic N) is 2. The number of aromatic amines is 1. The second-order valence-corrected chi connectivity index (χ2v) is 14.4. The second-order valence-electron chi connectivity index (χ2n) is 14.4. The van der Waals surface area contributed by atoms with E-state index in [0.717, 1.165) is 10.5 Å². The number of nitrogens with two attached hydrogens (primary N) is 3. The lowest BCUT2D eigenvalue weighted by molar-refractivity contribution is -0.140. The summed E-state index contributed by atoms with van der Waals surface area (Å²) in [4.78, 5) is 104. The van der Waals surface area contributed by atoms with Gasteiger partial charge in [0.25, 0.3) is 0 Å². The lowest BCUT2D eigenvalue weighted by Crippen LogP contribution is -2.58. The Morgan fingerprint density at radius 1 is 0.683 bits per heavy atom. The van der Waals surface area contributed by atoms with Crippen LogP contribution in [0.1, 0.15) is 48.4 Å². The molecule has 7 amide bonds. The first-order valence-electron chi connectivity index (χ1n) is 19.6. The molecule has 0 spiro atoms. The number of guanidine groups is 1. The van der Waals surface area contributed by atoms with Crippen molar-refractivity contribution >= 4 is 58.2 Å². The summed E-state index contributed by atoms with van der Waals surface area (Å²) in [5, 5.41) is 14.4. The van der Waals surface area contributed by atoms with E-state index in [4.69, 9.17) is 17.2 Å². The van der Waals surface area contributed by atoms with E-state index in [1.807, 2.05) is 6.07 Å². The molecule has 0 bridgehead atoms. The normalized spacial score (nSPS) is 20.2. The number of H-pyrrole nitrogens is 1. The van der Waals surface area contributed by atoms with Crippen molar-refractivity contribution in [2.24, 2.45) is 22.2 Å². The van der Waals surface area contributed by atoms with Crippen molar-refractivity contribution in [2.45, 2.75) is 62.7 Å². The Labute approximate surface area is 346 Å². The Morgan fingerprint density at radius 3 is 1.88 bits per heavy atom. The molecule has 1 saturated heterocycles. The highest BCUT2D eigenvalue weighted by molar-refractivity contribution is 5.98. The molecule has 1 aromatic heterocycles. The monoisotopic (exact) mass is 821 g/mol. The van der Waals surface area contributed by atoms with Gasteiger partial charge in [0.1, 0.15) is 24.2 Å². The molecule has 1 fully saturated rings. The number of nitrogens with one attached hydrogen (secondary N) is 6. The number of para-hydroxylation sites is 1. The van der Waals surface area contributed by atoms with E-state index in [1.54, 1.807) is 85.1 Å². The fraction of sp³-hybridized carbons (Fsp3) is 0.333. The summed E-state index contributed by atoms with van der Waals surface area (Å²) in [6.07, 6.45) is 1.32. The van der Waals surface area contributed by atoms with Crippen LogP contribution in [0.5, 0.6) is 0 Å². The fourth-order valence-electron chi connectivity index (χ4n) is 6.83. The van der Waals surface area contributed by atoms with Crippen LogP contribution in [0.4, 0.5) is 0 Å². The molecule has 1 aliphatic rings. The van der Waals surface area contributed by atoms with Gasteiger partial charge in [0.05, 0.1) is 6.54 Å². The van der Waals surface area contributed by atoms with Crippen LogP contribution in [0.25, 0.3) is 10.9 Å². The highest BCUT2D eigenvalue weighted by Gasteiger charge is 2.35. The number of aromatic nitrogens is 1. The van der Waals surface area contributed by atoms with Crippen LogP contribution in [-0.4, -0.2) is 101 Å². The number of benzene rings is 3. The van der Waals surface area contributed by atoms with Gasteiger partial charge in [0, 0.05) is 68.0 Å². The van der Waals surface area contributed by atoms with Crippen LogP contribution in [0.15, 0.2) is 96.1 Å². The molecular weight excluding hydrogens is 771 g/mol. The maximum atomic E-state index is 14.5. The zero-order valence-electron chi connectivity index (χ0n) is 33.0. The van der Waals surface area contributed by atoms with Crippen LogP contribution >= 0.6 is 0 Å². The molecule has 316 valence electrons. The van der Waals surface area contributed by atoms with Gasteiger partial charge in [0.2, 0.25) is 41.4 Å². The standard InChI is InChI=1S/C42H51N11O7/c43-34(54)25-53-21-20-46-35(55)17-18-36(56)49-32(22-26-10-3-1-4-11-26)39(58)51-33(23-27-12-5-2-6-13-27)40(59)50-31(16-9-19-47-42(44)45)38(57)52-37(41(53)60)29-24-48-30-15-8-7-14-28(29)30/h1-8,10-15,24,31-33,37,48H,9,16-23,25H2,(H2,43,54)(H,46,55)(H,49,56)(H,50,59)(H,51,58)(H,52,57)(H4,44,45,47)/t31?,32-,33?,37-/m0/s1. The van der Waals surface area contributed by atoms with Gasteiger partial charge in [0.15, 0.2) is 5.96 Å². The van der Waals surface area contributed by atoms with Gasteiger partial charge in [-0.25, -0.2) is 0 Å². The van der Waals surface area contributed by atoms with E-state index < -0.39 is 72.1 Å². The number of primary amides is 1. The van der Waals surface area contributed by atoms with Crippen LogP contribution in [-0.2, 0) is 46.4 Å². The van der Waals surface area contributed by atoms with Gasteiger partial charge < -0.3 is 53.7 Å². The average molecular weight is 822 g/mol. The van der Waals surface area contributed by atoms with Crippen LogP contribution < -0.4 is 43.8 Å². The van der Waals surface area contributed by atoms with E-state index in [9.17, 15) is 33.6 Å². The molecule has 2 unspecified atom stereocenters. The fourth-order valence-corrected chi connectivity index (χ4v) is 6.83. The number of carbonyl (C=O) groups excluding carboxylic acids is 7. The molecule has 12 N–H and O–H groups in total. The zero-order chi connectivity index (χ0) is 43.0. The largest absolute Gasteiger partial charge is 0.370 e. The molecule has 1 aliphatic heterocycles. The third-order valence-electron chi connectivity index (χ3n) is 9.84. The third kappa shape index (κ3) is 12.9. The predicted octanol–water partition coefficient (Wildman–Crippen LogP) is -0.457. The Bertz CT molecular complexity index is 2170. The van der Waals surface area contributed by atoms with Crippen molar-refractivity contribution < 1.29 is 33.6 Å². The van der Waals surface area contributed by atoms with Crippen molar-refractivity contribution in [1.82, 2.24) is 36.5 Å². The smallest absolute Gasteiger partial charge is 0.250 e. The Hall–Kier alpha value is -7.24. The van der Waals surface area contributed by atoms with Gasteiger partial charge in [-0.05, 0) is 30.0 Å². The first-order chi connectivity index (χ1) is 28.9. The predicted molar refractivity (Wildman–Crippen MR) is 223 cm³/mol. The first kappa shape index (κ1) is 43.9. The highest BCUT2D eigenvalue weighted by atomic mass is 16.2. The number of hydrogen-bond acceptors (Lipinski definition) is 8. The summed E-state index contributed by atoms with van der Waals surface area (Å²) in [5.41, 5.74) is 19.1. The lowest BCUT2D eigenvalue weighted by atomic mass is 10.0. The number of hydrogen-bond donors (Lipinski definition) is 9. The summed E-state index contributed by atoms with van der Waals surface area (Å²) in [7, 11) is 0. The first-order valence-corrected chi connectivity index (χ1v) is 19.6. The maximum Gasteiger partial charge on any atom is 0.250 e. The molecule has 0 aliphatic carbocycles.